The first-order valence-corrected chi connectivity index (χ1v) is 5.57. The van der Waals surface area contributed by atoms with Crippen molar-refractivity contribution in [2.45, 2.75) is 19.9 Å². The van der Waals surface area contributed by atoms with Gasteiger partial charge in [-0.25, -0.2) is 0 Å². The van der Waals surface area contributed by atoms with Crippen LogP contribution in [0.3, 0.4) is 0 Å². The molecule has 0 bridgehead atoms. The average molecular weight is 238 g/mol. The minimum atomic E-state index is -0.310. The third kappa shape index (κ3) is 3.34. The Morgan fingerprint density at radius 3 is 2.76 bits per heavy atom. The van der Waals surface area contributed by atoms with Crippen molar-refractivity contribution in [3.8, 4) is 0 Å². The maximum absolute atomic E-state index is 12.0. The van der Waals surface area contributed by atoms with Crippen molar-refractivity contribution in [3.05, 3.63) is 24.0 Å². The molecule has 0 fully saturated rings. The fourth-order valence-electron chi connectivity index (χ4n) is 1.54. The molecular formula is C12H18N2O3. The highest BCUT2D eigenvalue weighted by Gasteiger charge is 2.15. The summed E-state index contributed by atoms with van der Waals surface area (Å²) in [5, 5.41) is 0. The van der Waals surface area contributed by atoms with Crippen LogP contribution in [0.4, 0.5) is 0 Å². The van der Waals surface area contributed by atoms with E-state index in [0.29, 0.717) is 12.2 Å². The number of hydrogen-bond acceptors (Lipinski definition) is 3. The van der Waals surface area contributed by atoms with Gasteiger partial charge in [0, 0.05) is 26.3 Å². The van der Waals surface area contributed by atoms with Crippen molar-refractivity contribution in [1.29, 1.82) is 0 Å². The second-order valence-corrected chi connectivity index (χ2v) is 3.73. The molecule has 1 rings (SSSR count). The fraction of sp³-hybridized carbons (Fsp3) is 0.500. The molecule has 0 aromatic carbocycles. The summed E-state index contributed by atoms with van der Waals surface area (Å²) in [5.74, 6) is -0.392. The topological polar surface area (TPSA) is 51.5 Å². The van der Waals surface area contributed by atoms with Gasteiger partial charge in [-0.1, -0.05) is 0 Å². The Bertz CT molecular complexity index is 398. The number of carbonyl (C=O) groups excluding carboxylic acids is 2. The third-order valence-electron chi connectivity index (χ3n) is 2.62. The molecule has 0 aliphatic rings. The van der Waals surface area contributed by atoms with Crippen molar-refractivity contribution in [2.75, 3.05) is 20.7 Å². The molecule has 1 heterocycles. The van der Waals surface area contributed by atoms with Gasteiger partial charge in [-0.2, -0.15) is 0 Å². The molecule has 0 atom stereocenters. The monoisotopic (exact) mass is 238 g/mol. The van der Waals surface area contributed by atoms with Crippen LogP contribution in [-0.4, -0.2) is 42.0 Å². The Kier molecular flexibility index (Phi) is 4.75. The zero-order valence-electron chi connectivity index (χ0n) is 10.5. The molecule has 17 heavy (non-hydrogen) atoms. The molecule has 0 unspecified atom stereocenters. The molecule has 0 aliphatic carbocycles. The van der Waals surface area contributed by atoms with Crippen LogP contribution in [0.15, 0.2) is 18.3 Å². The molecule has 0 saturated heterocycles. The van der Waals surface area contributed by atoms with Gasteiger partial charge in [0.2, 0.25) is 0 Å². The maximum atomic E-state index is 12.0. The van der Waals surface area contributed by atoms with Crippen LogP contribution in [-0.2, 0) is 16.1 Å². The van der Waals surface area contributed by atoms with E-state index >= 15 is 0 Å². The lowest BCUT2D eigenvalue weighted by Gasteiger charge is -2.17. The normalized spacial score (nSPS) is 10.1. The van der Waals surface area contributed by atoms with Crippen molar-refractivity contribution in [2.24, 2.45) is 0 Å². The van der Waals surface area contributed by atoms with Gasteiger partial charge in [0.15, 0.2) is 0 Å². The summed E-state index contributed by atoms with van der Waals surface area (Å²) < 4.78 is 6.41. The first-order chi connectivity index (χ1) is 8.10. The number of aryl methyl sites for hydroxylation is 1. The van der Waals surface area contributed by atoms with E-state index in [-0.39, 0.29) is 18.3 Å². The lowest BCUT2D eigenvalue weighted by molar-refractivity contribution is -0.140. The van der Waals surface area contributed by atoms with Crippen LogP contribution < -0.4 is 0 Å². The number of methoxy groups -OCH3 is 1. The first-order valence-electron chi connectivity index (χ1n) is 5.57. The van der Waals surface area contributed by atoms with Crippen LogP contribution in [0.25, 0.3) is 0 Å². The van der Waals surface area contributed by atoms with E-state index in [1.807, 2.05) is 23.8 Å². The largest absolute Gasteiger partial charge is 0.469 e. The highest BCUT2D eigenvalue weighted by atomic mass is 16.5. The van der Waals surface area contributed by atoms with Gasteiger partial charge in [-0.05, 0) is 19.1 Å². The maximum Gasteiger partial charge on any atom is 0.307 e. The second-order valence-electron chi connectivity index (χ2n) is 3.73. The van der Waals surface area contributed by atoms with Crippen molar-refractivity contribution < 1.29 is 14.3 Å². The van der Waals surface area contributed by atoms with Crippen molar-refractivity contribution in [1.82, 2.24) is 9.47 Å². The van der Waals surface area contributed by atoms with E-state index in [0.717, 1.165) is 6.54 Å². The Balaban J connectivity index is 2.61. The molecule has 0 radical (unpaired) electrons. The number of nitrogens with zero attached hydrogens (tertiary/aromatic N) is 2. The summed E-state index contributed by atoms with van der Waals surface area (Å²) in [4.78, 5) is 24.5. The summed E-state index contributed by atoms with van der Waals surface area (Å²) in [6.45, 7) is 3.09. The molecule has 1 aromatic rings. The third-order valence-corrected chi connectivity index (χ3v) is 2.62. The van der Waals surface area contributed by atoms with Gasteiger partial charge in [0.05, 0.1) is 13.5 Å². The lowest BCUT2D eigenvalue weighted by atomic mass is 10.3. The SMILES string of the molecule is CCn1cccc1C(=O)N(C)CCC(=O)OC. The minimum Gasteiger partial charge on any atom is -0.469 e. The number of amides is 1. The summed E-state index contributed by atoms with van der Waals surface area (Å²) >= 11 is 0. The van der Waals surface area contributed by atoms with E-state index in [9.17, 15) is 9.59 Å². The van der Waals surface area contributed by atoms with Crippen LogP contribution in [0.5, 0.6) is 0 Å². The molecule has 5 heteroatoms. The number of rotatable bonds is 5. The van der Waals surface area contributed by atoms with Crippen LogP contribution in [0, 0.1) is 0 Å². The van der Waals surface area contributed by atoms with E-state index in [2.05, 4.69) is 4.74 Å². The molecule has 1 amide bonds. The lowest BCUT2D eigenvalue weighted by Crippen LogP contribution is -2.30. The number of aromatic nitrogens is 1. The average Bonchev–Trinajstić information content (AvgIpc) is 2.82. The molecule has 0 saturated carbocycles. The summed E-state index contributed by atoms with van der Waals surface area (Å²) in [7, 11) is 3.02. The van der Waals surface area contributed by atoms with Crippen LogP contribution in [0.2, 0.25) is 0 Å². The summed E-state index contributed by atoms with van der Waals surface area (Å²) in [6, 6.07) is 3.62. The molecule has 0 N–H and O–H groups in total. The number of ether oxygens (including phenoxy) is 1. The molecule has 94 valence electrons. The van der Waals surface area contributed by atoms with Gasteiger partial charge in [-0.15, -0.1) is 0 Å². The van der Waals surface area contributed by atoms with Crippen LogP contribution >= 0.6 is 0 Å². The predicted octanol–water partition coefficient (Wildman–Crippen LogP) is 1.14. The van der Waals surface area contributed by atoms with Crippen molar-refractivity contribution >= 4 is 11.9 Å². The summed E-state index contributed by atoms with van der Waals surface area (Å²) in [5.41, 5.74) is 0.639. The van der Waals surface area contributed by atoms with Crippen LogP contribution in [0.1, 0.15) is 23.8 Å². The second kappa shape index (κ2) is 6.08. The van der Waals surface area contributed by atoms with Gasteiger partial charge in [-0.3, -0.25) is 9.59 Å². The molecular weight excluding hydrogens is 220 g/mol. The zero-order chi connectivity index (χ0) is 12.8. The van der Waals surface area contributed by atoms with Gasteiger partial charge in [0.25, 0.3) is 5.91 Å². The highest BCUT2D eigenvalue weighted by Crippen LogP contribution is 2.06. The van der Waals surface area contributed by atoms with E-state index < -0.39 is 0 Å². The smallest absolute Gasteiger partial charge is 0.307 e. The molecule has 1 aromatic heterocycles. The fourth-order valence-corrected chi connectivity index (χ4v) is 1.54. The van der Waals surface area contributed by atoms with E-state index in [4.69, 9.17) is 0 Å². The van der Waals surface area contributed by atoms with Gasteiger partial charge in [0.1, 0.15) is 5.69 Å². The minimum absolute atomic E-state index is 0.0826. The molecule has 5 nitrogen and oxygen atoms in total. The van der Waals surface area contributed by atoms with E-state index in [1.165, 1.54) is 12.0 Å². The standard InChI is InChI=1S/C12H18N2O3/c1-4-14-8-5-6-10(14)12(16)13(2)9-7-11(15)17-3/h5-6,8H,4,7,9H2,1-3H3. The Hall–Kier alpha value is -1.78. The highest BCUT2D eigenvalue weighted by molar-refractivity contribution is 5.92. The van der Waals surface area contributed by atoms with Crippen molar-refractivity contribution in [3.63, 3.8) is 0 Å². The van der Waals surface area contributed by atoms with Gasteiger partial charge < -0.3 is 14.2 Å². The predicted molar refractivity (Wildman–Crippen MR) is 63.7 cm³/mol. The zero-order valence-corrected chi connectivity index (χ0v) is 10.5. The Labute approximate surface area is 101 Å². The summed E-state index contributed by atoms with van der Waals surface area (Å²) in [6.07, 6.45) is 2.08. The molecule has 0 spiro atoms. The number of hydrogen-bond donors (Lipinski definition) is 0. The van der Waals surface area contributed by atoms with E-state index in [1.54, 1.807) is 13.1 Å². The quantitative estimate of drug-likeness (QED) is 0.723. The molecule has 0 aliphatic heterocycles. The number of esters is 1. The number of carbonyl (C=O) groups is 2. The Morgan fingerprint density at radius 1 is 1.47 bits per heavy atom. The first kappa shape index (κ1) is 13.3. The Morgan fingerprint density at radius 2 is 2.18 bits per heavy atom. The van der Waals surface area contributed by atoms with Gasteiger partial charge >= 0.3 is 5.97 Å².